The lowest BCUT2D eigenvalue weighted by Crippen LogP contribution is -1.93. The molecule has 0 aliphatic heterocycles. The maximum Gasteiger partial charge on any atom is 0.0849 e. The Balaban J connectivity index is 2.54. The molecule has 0 aliphatic rings. The molecule has 0 saturated carbocycles. The predicted molar refractivity (Wildman–Crippen MR) is 67.6 cm³/mol. The van der Waals surface area contributed by atoms with Crippen LogP contribution in [0.25, 0.3) is 11.3 Å². The SMILES string of the molecule is CC(C)c1scnc1-c1ccccc1CO. The number of aliphatic hydroxyl groups excluding tert-OH is 1. The highest BCUT2D eigenvalue weighted by Crippen LogP contribution is 2.33. The lowest BCUT2D eigenvalue weighted by atomic mass is 10.0. The van der Waals surface area contributed by atoms with Crippen LogP contribution in [0.15, 0.2) is 29.8 Å². The number of rotatable bonds is 3. The highest BCUT2D eigenvalue weighted by atomic mass is 32.1. The Bertz CT molecular complexity index is 476. The molecule has 1 aromatic carbocycles. The van der Waals surface area contributed by atoms with Gasteiger partial charge >= 0.3 is 0 Å². The molecule has 84 valence electrons. The predicted octanol–water partition coefficient (Wildman–Crippen LogP) is 3.43. The minimum Gasteiger partial charge on any atom is -0.392 e. The summed E-state index contributed by atoms with van der Waals surface area (Å²) in [6.45, 7) is 4.39. The molecule has 2 rings (SSSR count). The van der Waals surface area contributed by atoms with Crippen molar-refractivity contribution in [1.82, 2.24) is 4.98 Å². The molecule has 2 nitrogen and oxygen atoms in total. The van der Waals surface area contributed by atoms with Crippen molar-refractivity contribution in [2.75, 3.05) is 0 Å². The molecule has 0 fully saturated rings. The summed E-state index contributed by atoms with van der Waals surface area (Å²) >= 11 is 1.68. The summed E-state index contributed by atoms with van der Waals surface area (Å²) < 4.78 is 0. The Kier molecular flexibility index (Phi) is 3.36. The fourth-order valence-electron chi connectivity index (χ4n) is 1.76. The fourth-order valence-corrected chi connectivity index (χ4v) is 2.57. The van der Waals surface area contributed by atoms with Crippen LogP contribution in [0.1, 0.15) is 30.2 Å². The van der Waals surface area contributed by atoms with Crippen molar-refractivity contribution < 1.29 is 5.11 Å². The van der Waals surface area contributed by atoms with Crippen LogP contribution in [0.3, 0.4) is 0 Å². The van der Waals surface area contributed by atoms with Gasteiger partial charge in [0.2, 0.25) is 0 Å². The topological polar surface area (TPSA) is 33.1 Å². The number of aromatic nitrogens is 1. The van der Waals surface area contributed by atoms with E-state index in [1.165, 1.54) is 4.88 Å². The molecule has 1 N–H and O–H groups in total. The highest BCUT2D eigenvalue weighted by molar-refractivity contribution is 7.10. The van der Waals surface area contributed by atoms with E-state index in [-0.39, 0.29) is 6.61 Å². The Morgan fingerprint density at radius 1 is 1.31 bits per heavy atom. The van der Waals surface area contributed by atoms with E-state index in [4.69, 9.17) is 0 Å². The van der Waals surface area contributed by atoms with Gasteiger partial charge in [-0.1, -0.05) is 38.1 Å². The second-order valence-electron chi connectivity index (χ2n) is 4.04. The molecule has 0 unspecified atom stereocenters. The first-order chi connectivity index (χ1) is 7.74. The van der Waals surface area contributed by atoms with E-state index in [1.54, 1.807) is 11.3 Å². The van der Waals surface area contributed by atoms with E-state index >= 15 is 0 Å². The number of hydrogen-bond acceptors (Lipinski definition) is 3. The zero-order valence-electron chi connectivity index (χ0n) is 9.47. The first kappa shape index (κ1) is 11.3. The van der Waals surface area contributed by atoms with Crippen molar-refractivity contribution in [3.05, 3.63) is 40.2 Å². The summed E-state index contributed by atoms with van der Waals surface area (Å²) in [7, 11) is 0. The van der Waals surface area contributed by atoms with Gasteiger partial charge in [0.1, 0.15) is 0 Å². The quantitative estimate of drug-likeness (QED) is 0.881. The third-order valence-corrected chi connectivity index (χ3v) is 3.69. The Labute approximate surface area is 99.6 Å². The number of aliphatic hydroxyl groups is 1. The molecule has 0 amide bonds. The van der Waals surface area contributed by atoms with Crippen molar-refractivity contribution in [2.24, 2.45) is 0 Å². The average molecular weight is 233 g/mol. The number of nitrogens with zero attached hydrogens (tertiary/aromatic N) is 1. The van der Waals surface area contributed by atoms with Gasteiger partial charge in [-0.15, -0.1) is 11.3 Å². The summed E-state index contributed by atoms with van der Waals surface area (Å²) in [5, 5.41) is 9.32. The van der Waals surface area contributed by atoms with Gasteiger partial charge in [0, 0.05) is 10.4 Å². The average Bonchev–Trinajstić information content (AvgIpc) is 2.77. The minimum atomic E-state index is 0.0607. The largest absolute Gasteiger partial charge is 0.392 e. The summed E-state index contributed by atoms with van der Waals surface area (Å²) in [4.78, 5) is 5.70. The maximum absolute atomic E-state index is 9.32. The summed E-state index contributed by atoms with van der Waals surface area (Å²) in [6.07, 6.45) is 0. The lowest BCUT2D eigenvalue weighted by Gasteiger charge is -2.08. The molecule has 2 aromatic rings. The molecule has 0 radical (unpaired) electrons. The first-order valence-electron chi connectivity index (χ1n) is 5.36. The van der Waals surface area contributed by atoms with Crippen LogP contribution in [0.2, 0.25) is 0 Å². The zero-order chi connectivity index (χ0) is 11.5. The molecule has 1 heterocycles. The van der Waals surface area contributed by atoms with Gasteiger partial charge < -0.3 is 5.11 Å². The van der Waals surface area contributed by atoms with Gasteiger partial charge in [0.15, 0.2) is 0 Å². The van der Waals surface area contributed by atoms with Crippen LogP contribution in [0, 0.1) is 0 Å². The molecule has 0 atom stereocenters. The summed E-state index contributed by atoms with van der Waals surface area (Å²) in [5.41, 5.74) is 4.88. The maximum atomic E-state index is 9.32. The van der Waals surface area contributed by atoms with E-state index in [0.29, 0.717) is 5.92 Å². The summed E-state index contributed by atoms with van der Waals surface area (Å²) in [6, 6.07) is 7.89. The molecule has 0 spiro atoms. The Morgan fingerprint density at radius 3 is 2.75 bits per heavy atom. The van der Waals surface area contributed by atoms with Gasteiger partial charge in [0.05, 0.1) is 17.8 Å². The van der Waals surface area contributed by atoms with Crippen LogP contribution in [-0.2, 0) is 6.61 Å². The molecule has 0 bridgehead atoms. The van der Waals surface area contributed by atoms with Gasteiger partial charge in [-0.2, -0.15) is 0 Å². The van der Waals surface area contributed by atoms with Gasteiger partial charge in [0.25, 0.3) is 0 Å². The van der Waals surface area contributed by atoms with E-state index in [2.05, 4.69) is 18.8 Å². The number of benzene rings is 1. The normalized spacial score (nSPS) is 11.0. The van der Waals surface area contributed by atoms with Crippen LogP contribution in [-0.4, -0.2) is 10.1 Å². The molecular weight excluding hydrogens is 218 g/mol. The van der Waals surface area contributed by atoms with Gasteiger partial charge in [-0.05, 0) is 11.5 Å². The van der Waals surface area contributed by atoms with Gasteiger partial charge in [-0.25, -0.2) is 4.98 Å². The van der Waals surface area contributed by atoms with Crippen LogP contribution >= 0.6 is 11.3 Å². The monoisotopic (exact) mass is 233 g/mol. The van der Waals surface area contributed by atoms with Crippen molar-refractivity contribution >= 4 is 11.3 Å². The fraction of sp³-hybridized carbons (Fsp3) is 0.308. The molecule has 0 aliphatic carbocycles. The zero-order valence-corrected chi connectivity index (χ0v) is 10.3. The van der Waals surface area contributed by atoms with Crippen LogP contribution in [0.5, 0.6) is 0 Å². The van der Waals surface area contributed by atoms with Crippen molar-refractivity contribution in [2.45, 2.75) is 26.4 Å². The number of thiazole rings is 1. The van der Waals surface area contributed by atoms with Crippen molar-refractivity contribution in [3.63, 3.8) is 0 Å². The van der Waals surface area contributed by atoms with Gasteiger partial charge in [-0.3, -0.25) is 0 Å². The third-order valence-electron chi connectivity index (χ3n) is 2.56. The van der Waals surface area contributed by atoms with E-state index < -0.39 is 0 Å². The van der Waals surface area contributed by atoms with E-state index in [0.717, 1.165) is 16.8 Å². The molecular formula is C13H15NOS. The Morgan fingerprint density at radius 2 is 2.06 bits per heavy atom. The van der Waals surface area contributed by atoms with Crippen LogP contribution < -0.4 is 0 Å². The first-order valence-corrected chi connectivity index (χ1v) is 6.24. The third kappa shape index (κ3) is 2.01. The minimum absolute atomic E-state index is 0.0607. The van der Waals surface area contributed by atoms with Crippen molar-refractivity contribution in [1.29, 1.82) is 0 Å². The second-order valence-corrected chi connectivity index (χ2v) is 4.92. The molecule has 16 heavy (non-hydrogen) atoms. The second kappa shape index (κ2) is 4.76. The highest BCUT2D eigenvalue weighted by Gasteiger charge is 2.14. The lowest BCUT2D eigenvalue weighted by molar-refractivity contribution is 0.282. The van der Waals surface area contributed by atoms with E-state index in [1.807, 2.05) is 29.8 Å². The standard InChI is InChI=1S/C13H15NOS/c1-9(2)13-12(14-8-16-13)11-6-4-3-5-10(11)7-15/h3-6,8-9,15H,7H2,1-2H3. The Hall–Kier alpha value is -1.19. The summed E-state index contributed by atoms with van der Waals surface area (Å²) in [5.74, 6) is 0.467. The smallest absolute Gasteiger partial charge is 0.0849 e. The van der Waals surface area contributed by atoms with E-state index in [9.17, 15) is 5.11 Å². The van der Waals surface area contributed by atoms with Crippen molar-refractivity contribution in [3.8, 4) is 11.3 Å². The van der Waals surface area contributed by atoms with Crippen LogP contribution in [0.4, 0.5) is 0 Å². The molecule has 1 aromatic heterocycles. The molecule has 0 saturated heterocycles. The molecule has 3 heteroatoms. The number of hydrogen-bond donors (Lipinski definition) is 1.